The van der Waals surface area contributed by atoms with Crippen molar-refractivity contribution < 1.29 is 13.9 Å². The smallest absolute Gasteiger partial charge is 0.255 e. The minimum Gasteiger partial charge on any atom is -0.436 e. The number of carbonyl (C=O) groups is 1. The van der Waals surface area contributed by atoms with E-state index in [4.69, 9.17) is 27.8 Å². The maximum Gasteiger partial charge on any atom is 0.255 e. The summed E-state index contributed by atoms with van der Waals surface area (Å²) in [6.07, 6.45) is 3.19. The number of ether oxygens (including phenoxy) is 1. The van der Waals surface area contributed by atoms with Gasteiger partial charge in [-0.1, -0.05) is 11.6 Å². The third kappa shape index (κ3) is 3.94. The van der Waals surface area contributed by atoms with Crippen LogP contribution < -0.4 is 21.5 Å². The molecule has 30 heavy (non-hydrogen) atoms. The number of pyridine rings is 1. The Hall–Kier alpha value is -3.17. The van der Waals surface area contributed by atoms with Crippen molar-refractivity contribution in [3.05, 3.63) is 52.9 Å². The van der Waals surface area contributed by atoms with E-state index in [1.165, 1.54) is 6.20 Å². The van der Waals surface area contributed by atoms with Gasteiger partial charge in [0.2, 0.25) is 0 Å². The second-order valence-electron chi connectivity index (χ2n) is 6.98. The van der Waals surface area contributed by atoms with Gasteiger partial charge in [0, 0.05) is 18.3 Å². The van der Waals surface area contributed by atoms with Crippen LogP contribution in [0.1, 0.15) is 29.2 Å². The molecule has 3 aromatic rings. The number of hydrogen-bond acceptors (Lipinski definition) is 6. The molecule has 156 valence electrons. The summed E-state index contributed by atoms with van der Waals surface area (Å²) >= 11 is 5.70. The van der Waals surface area contributed by atoms with Gasteiger partial charge in [-0.25, -0.2) is 14.1 Å². The molecule has 4 rings (SSSR count). The molecule has 3 heterocycles. The van der Waals surface area contributed by atoms with Crippen molar-refractivity contribution in [1.29, 1.82) is 0 Å². The SMILES string of the molecule is NC(=O)c1c(-c2ccc(Oc3ncc(Cl)cc3F)cc2)nn([C@@H]2CCCNC2)c1N. The number of primary amides is 1. The first-order valence-electron chi connectivity index (χ1n) is 9.42. The first-order chi connectivity index (χ1) is 14.4. The number of anilines is 1. The summed E-state index contributed by atoms with van der Waals surface area (Å²) in [4.78, 5) is 15.9. The van der Waals surface area contributed by atoms with Crippen LogP contribution in [0.15, 0.2) is 36.5 Å². The number of aromatic nitrogens is 3. The van der Waals surface area contributed by atoms with Gasteiger partial charge in [0.15, 0.2) is 5.82 Å². The maximum absolute atomic E-state index is 13.9. The fraction of sp³-hybridized carbons (Fsp3) is 0.250. The Morgan fingerprint density at radius 1 is 1.33 bits per heavy atom. The molecule has 0 unspecified atom stereocenters. The lowest BCUT2D eigenvalue weighted by Gasteiger charge is -2.23. The van der Waals surface area contributed by atoms with Gasteiger partial charge >= 0.3 is 0 Å². The molecule has 1 aliphatic rings. The number of nitrogen functional groups attached to an aromatic ring is 1. The van der Waals surface area contributed by atoms with E-state index in [-0.39, 0.29) is 28.3 Å². The fourth-order valence-electron chi connectivity index (χ4n) is 3.48. The molecule has 0 spiro atoms. The third-order valence-corrected chi connectivity index (χ3v) is 5.13. The van der Waals surface area contributed by atoms with Gasteiger partial charge < -0.3 is 21.5 Å². The topological polar surface area (TPSA) is 121 Å². The van der Waals surface area contributed by atoms with Gasteiger partial charge in [-0.2, -0.15) is 5.10 Å². The number of halogens is 2. The maximum atomic E-state index is 13.9. The zero-order valence-corrected chi connectivity index (χ0v) is 16.7. The monoisotopic (exact) mass is 430 g/mol. The Morgan fingerprint density at radius 3 is 2.73 bits per heavy atom. The molecule has 0 radical (unpaired) electrons. The standard InChI is InChI=1S/C20H20ClFN6O2/c21-12-8-15(22)20(26-9-12)30-14-5-3-11(4-6-14)17-16(19(24)29)18(23)28(27-17)13-2-1-7-25-10-13/h3-6,8-9,13,25H,1-2,7,10,23H2,(H2,24,29)/t13-/m1/s1. The van der Waals surface area contributed by atoms with Crippen molar-refractivity contribution >= 4 is 23.3 Å². The first-order valence-corrected chi connectivity index (χ1v) is 9.79. The molecule has 1 saturated heterocycles. The summed E-state index contributed by atoms with van der Waals surface area (Å²) in [7, 11) is 0. The zero-order valence-electron chi connectivity index (χ0n) is 15.9. The molecule has 10 heteroatoms. The number of nitrogens with zero attached hydrogens (tertiary/aromatic N) is 3. The van der Waals surface area contributed by atoms with Gasteiger partial charge in [-0.3, -0.25) is 4.79 Å². The molecule has 2 aromatic heterocycles. The van der Waals surface area contributed by atoms with Crippen LogP contribution in [0.25, 0.3) is 11.3 Å². The van der Waals surface area contributed by atoms with E-state index < -0.39 is 11.7 Å². The van der Waals surface area contributed by atoms with Gasteiger partial charge in [-0.15, -0.1) is 0 Å². The largest absolute Gasteiger partial charge is 0.436 e. The van der Waals surface area contributed by atoms with Crippen LogP contribution in [0.5, 0.6) is 11.6 Å². The van der Waals surface area contributed by atoms with Crippen molar-refractivity contribution in [1.82, 2.24) is 20.1 Å². The molecule has 0 aliphatic carbocycles. The molecule has 1 aromatic carbocycles. The summed E-state index contributed by atoms with van der Waals surface area (Å²) in [6.45, 7) is 1.66. The van der Waals surface area contributed by atoms with Gasteiger partial charge in [0.25, 0.3) is 11.8 Å². The predicted molar refractivity (Wildman–Crippen MR) is 111 cm³/mol. The third-order valence-electron chi connectivity index (χ3n) is 4.93. The minimum atomic E-state index is -0.671. The Balaban J connectivity index is 1.64. The van der Waals surface area contributed by atoms with Crippen molar-refractivity contribution in [2.75, 3.05) is 18.8 Å². The van der Waals surface area contributed by atoms with E-state index in [0.717, 1.165) is 32.0 Å². The first kappa shape index (κ1) is 20.1. The molecule has 1 amide bonds. The van der Waals surface area contributed by atoms with Crippen molar-refractivity contribution in [2.24, 2.45) is 5.73 Å². The van der Waals surface area contributed by atoms with Crippen LogP contribution in [-0.4, -0.2) is 33.8 Å². The number of carbonyl (C=O) groups excluding carboxylic acids is 1. The Morgan fingerprint density at radius 2 is 2.10 bits per heavy atom. The van der Waals surface area contributed by atoms with Crippen LogP contribution in [0.2, 0.25) is 5.02 Å². The van der Waals surface area contributed by atoms with E-state index in [1.807, 2.05) is 0 Å². The molecule has 1 aliphatic heterocycles. The molecular formula is C20H20ClFN6O2. The normalized spacial score (nSPS) is 16.4. The molecule has 1 fully saturated rings. The Bertz CT molecular complexity index is 1080. The molecular weight excluding hydrogens is 411 g/mol. The van der Waals surface area contributed by atoms with E-state index in [9.17, 15) is 9.18 Å². The minimum absolute atomic E-state index is 0.0483. The van der Waals surface area contributed by atoms with Gasteiger partial charge in [-0.05, 0) is 49.7 Å². The van der Waals surface area contributed by atoms with Gasteiger partial charge in [0.05, 0.1) is 11.1 Å². The van der Waals surface area contributed by atoms with Crippen molar-refractivity contribution in [3.63, 3.8) is 0 Å². The number of benzene rings is 1. The highest BCUT2D eigenvalue weighted by atomic mass is 35.5. The summed E-state index contributed by atoms with van der Waals surface area (Å²) < 4.78 is 21.0. The van der Waals surface area contributed by atoms with E-state index in [0.29, 0.717) is 17.0 Å². The quantitative estimate of drug-likeness (QED) is 0.571. The summed E-state index contributed by atoms with van der Waals surface area (Å²) in [5.74, 6) is -0.903. The summed E-state index contributed by atoms with van der Waals surface area (Å²) in [5.41, 5.74) is 13.0. The number of rotatable bonds is 5. The second-order valence-corrected chi connectivity index (χ2v) is 7.42. The lowest BCUT2D eigenvalue weighted by molar-refractivity contribution is 0.100. The molecule has 8 nitrogen and oxygen atoms in total. The molecule has 0 saturated carbocycles. The number of nitrogens with two attached hydrogens (primary N) is 2. The average molecular weight is 431 g/mol. The molecule has 1 atom stereocenters. The Kier molecular flexibility index (Phi) is 5.56. The number of nitrogens with one attached hydrogen (secondary N) is 1. The van der Waals surface area contributed by atoms with Gasteiger partial charge in [0.1, 0.15) is 22.8 Å². The summed E-state index contributed by atoms with van der Waals surface area (Å²) in [6, 6.07) is 7.79. The highest BCUT2D eigenvalue weighted by Crippen LogP contribution is 2.32. The van der Waals surface area contributed by atoms with Crippen LogP contribution in [-0.2, 0) is 0 Å². The van der Waals surface area contributed by atoms with E-state index in [1.54, 1.807) is 28.9 Å². The number of amides is 1. The van der Waals surface area contributed by atoms with Crippen LogP contribution in [0.4, 0.5) is 10.2 Å². The highest BCUT2D eigenvalue weighted by Gasteiger charge is 2.26. The summed E-state index contributed by atoms with van der Waals surface area (Å²) in [5, 5.41) is 8.06. The Labute approximate surface area is 177 Å². The predicted octanol–water partition coefficient (Wildman–Crippen LogP) is 3.14. The zero-order chi connectivity index (χ0) is 21.3. The lowest BCUT2D eigenvalue weighted by Crippen LogP contribution is -2.32. The fourth-order valence-corrected chi connectivity index (χ4v) is 3.63. The van der Waals surface area contributed by atoms with Crippen molar-refractivity contribution in [3.8, 4) is 22.9 Å². The second kappa shape index (κ2) is 8.29. The average Bonchev–Trinajstić information content (AvgIpc) is 3.09. The number of hydrogen-bond donors (Lipinski definition) is 3. The highest BCUT2D eigenvalue weighted by molar-refractivity contribution is 6.30. The lowest BCUT2D eigenvalue weighted by atomic mass is 10.1. The van der Waals surface area contributed by atoms with Crippen LogP contribution >= 0.6 is 11.6 Å². The molecule has 0 bridgehead atoms. The van der Waals surface area contributed by atoms with Crippen LogP contribution in [0, 0.1) is 5.82 Å². The van der Waals surface area contributed by atoms with Crippen molar-refractivity contribution in [2.45, 2.75) is 18.9 Å². The molecule has 5 N–H and O–H groups in total. The van der Waals surface area contributed by atoms with E-state index >= 15 is 0 Å². The number of piperidine rings is 1. The van der Waals surface area contributed by atoms with Crippen LogP contribution in [0.3, 0.4) is 0 Å². The van der Waals surface area contributed by atoms with E-state index in [2.05, 4.69) is 15.4 Å².